The van der Waals surface area contributed by atoms with Crippen LogP contribution in [0.4, 0.5) is 4.79 Å². The Labute approximate surface area is 136 Å². The second-order valence-corrected chi connectivity index (χ2v) is 6.39. The number of hydrogen-bond donors (Lipinski definition) is 2. The molecule has 0 radical (unpaired) electrons. The van der Waals surface area contributed by atoms with Crippen LogP contribution >= 0.6 is 11.3 Å². The number of urea groups is 1. The number of amides is 3. The second-order valence-electron chi connectivity index (χ2n) is 5.45. The van der Waals surface area contributed by atoms with Crippen LogP contribution in [0.15, 0.2) is 5.38 Å². The van der Waals surface area contributed by atoms with Crippen LogP contribution in [0.2, 0.25) is 0 Å². The molecule has 2 aromatic heterocycles. The van der Waals surface area contributed by atoms with Crippen molar-refractivity contribution in [2.24, 2.45) is 0 Å². The van der Waals surface area contributed by atoms with Crippen molar-refractivity contribution in [2.75, 3.05) is 6.54 Å². The van der Waals surface area contributed by atoms with Crippen LogP contribution in [0.25, 0.3) is 11.4 Å². The van der Waals surface area contributed by atoms with Gasteiger partial charge in [0.1, 0.15) is 5.01 Å². The summed E-state index contributed by atoms with van der Waals surface area (Å²) < 4.78 is 0. The Morgan fingerprint density at radius 2 is 2.13 bits per heavy atom. The van der Waals surface area contributed by atoms with Crippen LogP contribution < -0.4 is 5.32 Å². The molecule has 0 aromatic carbocycles. The Morgan fingerprint density at radius 1 is 1.39 bits per heavy atom. The molecule has 0 spiro atoms. The first-order valence-corrected chi connectivity index (χ1v) is 7.99. The van der Waals surface area contributed by atoms with Gasteiger partial charge >= 0.3 is 6.03 Å². The molecule has 0 unspecified atom stereocenters. The van der Waals surface area contributed by atoms with Crippen molar-refractivity contribution in [3.63, 3.8) is 0 Å². The average molecular weight is 332 g/mol. The van der Waals surface area contributed by atoms with Crippen molar-refractivity contribution in [1.29, 1.82) is 0 Å². The maximum Gasteiger partial charge on any atom is 0.324 e. The molecular weight excluding hydrogens is 316 g/mol. The quantitative estimate of drug-likeness (QED) is 0.661. The van der Waals surface area contributed by atoms with Crippen molar-refractivity contribution in [3.05, 3.63) is 27.2 Å². The fourth-order valence-electron chi connectivity index (χ4n) is 2.78. The maximum absolute atomic E-state index is 11.7. The summed E-state index contributed by atoms with van der Waals surface area (Å²) in [6, 6.07) is -0.391. The van der Waals surface area contributed by atoms with Crippen LogP contribution in [-0.4, -0.2) is 39.1 Å². The van der Waals surface area contributed by atoms with E-state index in [9.17, 15) is 14.4 Å². The van der Waals surface area contributed by atoms with E-state index in [1.807, 2.05) is 19.2 Å². The fraction of sp³-hybridized carbons (Fsp3) is 0.333. The molecule has 3 rings (SSSR count). The van der Waals surface area contributed by atoms with Crippen LogP contribution in [-0.2, 0) is 11.3 Å². The number of Topliss-reactive ketones (excluding diaryl/α,β-unsaturated/α-hetero) is 1. The number of hydrogen-bond acceptors (Lipinski definition) is 5. The molecule has 0 saturated carbocycles. The fourth-order valence-corrected chi connectivity index (χ4v) is 3.56. The molecule has 120 valence electrons. The van der Waals surface area contributed by atoms with Crippen LogP contribution in [0.5, 0.6) is 0 Å². The summed E-state index contributed by atoms with van der Waals surface area (Å²) in [4.78, 5) is 43.7. The van der Waals surface area contributed by atoms with Gasteiger partial charge in [0.25, 0.3) is 0 Å². The average Bonchev–Trinajstić information content (AvgIpc) is 3.13. The summed E-state index contributed by atoms with van der Waals surface area (Å²) >= 11 is 1.38. The van der Waals surface area contributed by atoms with Gasteiger partial charge in [-0.2, -0.15) is 0 Å². The molecule has 3 heterocycles. The van der Waals surface area contributed by atoms with Gasteiger partial charge in [-0.15, -0.1) is 11.3 Å². The van der Waals surface area contributed by atoms with E-state index in [2.05, 4.69) is 15.3 Å². The lowest BCUT2D eigenvalue weighted by molar-refractivity contribution is -0.125. The molecule has 3 amide bonds. The molecule has 1 aliphatic rings. The minimum absolute atomic E-state index is 0.0114. The number of aromatic amines is 1. The van der Waals surface area contributed by atoms with Crippen molar-refractivity contribution >= 4 is 29.1 Å². The summed E-state index contributed by atoms with van der Waals surface area (Å²) in [5, 5.41) is 5.01. The van der Waals surface area contributed by atoms with Crippen LogP contribution in [0, 0.1) is 13.8 Å². The Balaban J connectivity index is 1.88. The van der Waals surface area contributed by atoms with Crippen molar-refractivity contribution in [2.45, 2.75) is 27.3 Å². The monoisotopic (exact) mass is 332 g/mol. The second kappa shape index (κ2) is 5.62. The maximum atomic E-state index is 11.7. The van der Waals surface area contributed by atoms with Gasteiger partial charge < -0.3 is 10.3 Å². The summed E-state index contributed by atoms with van der Waals surface area (Å²) in [7, 11) is 0. The number of aromatic nitrogens is 2. The number of aryl methyl sites for hydroxylation is 1. The molecule has 1 aliphatic heterocycles. The normalized spacial score (nSPS) is 14.5. The number of carbonyl (C=O) groups is 3. The number of nitrogens with one attached hydrogen (secondary N) is 2. The van der Waals surface area contributed by atoms with Crippen LogP contribution in [0.1, 0.15) is 33.5 Å². The van der Waals surface area contributed by atoms with Gasteiger partial charge in [0.15, 0.2) is 5.78 Å². The van der Waals surface area contributed by atoms with E-state index >= 15 is 0 Å². The van der Waals surface area contributed by atoms with Gasteiger partial charge in [-0.25, -0.2) is 9.78 Å². The van der Waals surface area contributed by atoms with Gasteiger partial charge in [-0.1, -0.05) is 0 Å². The smallest absolute Gasteiger partial charge is 0.324 e. The molecule has 8 heteroatoms. The molecule has 2 N–H and O–H groups in total. The molecule has 1 fully saturated rings. The lowest BCUT2D eigenvalue weighted by Gasteiger charge is -2.09. The predicted octanol–water partition coefficient (Wildman–Crippen LogP) is 2.01. The highest BCUT2D eigenvalue weighted by Gasteiger charge is 2.29. The number of imide groups is 1. The summed E-state index contributed by atoms with van der Waals surface area (Å²) in [6.07, 6.45) is 0. The van der Waals surface area contributed by atoms with Gasteiger partial charge in [0, 0.05) is 16.6 Å². The van der Waals surface area contributed by atoms with E-state index < -0.39 is 6.03 Å². The lowest BCUT2D eigenvalue weighted by Crippen LogP contribution is -2.30. The molecule has 7 nitrogen and oxygen atoms in total. The van der Waals surface area contributed by atoms with E-state index in [4.69, 9.17) is 0 Å². The Hall–Kier alpha value is -2.48. The SMILES string of the molecule is CC(=O)c1c(C)[nH]c(-c2csc(CN3C(=O)CNC3=O)n2)c1C. The van der Waals surface area contributed by atoms with E-state index in [0.717, 1.165) is 21.9 Å². The largest absolute Gasteiger partial charge is 0.356 e. The highest BCUT2D eigenvalue weighted by Crippen LogP contribution is 2.29. The highest BCUT2D eigenvalue weighted by atomic mass is 32.1. The molecule has 0 aliphatic carbocycles. The van der Waals surface area contributed by atoms with Gasteiger partial charge in [0.2, 0.25) is 5.91 Å². The zero-order valence-electron chi connectivity index (χ0n) is 13.0. The summed E-state index contributed by atoms with van der Waals surface area (Å²) in [6.45, 7) is 5.47. The Morgan fingerprint density at radius 3 is 2.70 bits per heavy atom. The van der Waals surface area contributed by atoms with Crippen molar-refractivity contribution < 1.29 is 14.4 Å². The number of H-pyrrole nitrogens is 1. The Bertz CT molecular complexity index is 805. The third-order valence-electron chi connectivity index (χ3n) is 3.83. The standard InChI is InChI=1S/C15H16N4O3S/c1-7-13(9(3)20)8(2)17-14(7)10-6-23-11(18-10)5-19-12(21)4-16-15(19)22/h6,17H,4-5H2,1-3H3,(H,16,22). The topological polar surface area (TPSA) is 95.2 Å². The third kappa shape index (κ3) is 2.65. The van der Waals surface area contributed by atoms with E-state index in [-0.39, 0.29) is 24.8 Å². The zero-order valence-corrected chi connectivity index (χ0v) is 13.8. The van der Waals surface area contributed by atoms with E-state index in [0.29, 0.717) is 16.3 Å². The lowest BCUT2D eigenvalue weighted by atomic mass is 10.1. The van der Waals surface area contributed by atoms with Crippen molar-refractivity contribution in [3.8, 4) is 11.4 Å². The summed E-state index contributed by atoms with van der Waals surface area (Å²) in [5.41, 5.74) is 3.87. The molecule has 1 saturated heterocycles. The number of carbonyl (C=O) groups excluding carboxylic acids is 3. The number of ketones is 1. The first kappa shape index (κ1) is 15.4. The minimum atomic E-state index is -0.391. The van der Waals surface area contributed by atoms with Gasteiger partial charge in [-0.05, 0) is 26.3 Å². The predicted molar refractivity (Wildman–Crippen MR) is 85.3 cm³/mol. The Kier molecular flexibility index (Phi) is 3.77. The first-order valence-electron chi connectivity index (χ1n) is 7.11. The third-order valence-corrected chi connectivity index (χ3v) is 4.66. The van der Waals surface area contributed by atoms with E-state index in [1.165, 1.54) is 18.3 Å². The van der Waals surface area contributed by atoms with Gasteiger partial charge in [0.05, 0.1) is 24.5 Å². The number of rotatable bonds is 4. The van der Waals surface area contributed by atoms with Crippen molar-refractivity contribution in [1.82, 2.24) is 20.2 Å². The van der Waals surface area contributed by atoms with Crippen LogP contribution in [0.3, 0.4) is 0 Å². The zero-order chi connectivity index (χ0) is 16.7. The number of nitrogens with zero attached hydrogens (tertiary/aromatic N) is 2. The molecule has 0 atom stereocenters. The minimum Gasteiger partial charge on any atom is -0.356 e. The summed E-state index contributed by atoms with van der Waals surface area (Å²) in [5.74, 6) is -0.241. The van der Waals surface area contributed by atoms with Gasteiger partial charge in [-0.3, -0.25) is 14.5 Å². The molecule has 2 aromatic rings. The van der Waals surface area contributed by atoms with E-state index in [1.54, 1.807) is 0 Å². The molecule has 0 bridgehead atoms. The molecule has 23 heavy (non-hydrogen) atoms. The number of thiazole rings is 1. The highest BCUT2D eigenvalue weighted by molar-refractivity contribution is 7.09. The molecular formula is C15H16N4O3S. The first-order chi connectivity index (χ1) is 10.9.